The van der Waals surface area contributed by atoms with Crippen LogP contribution in [0.4, 0.5) is 0 Å². The molecule has 1 saturated heterocycles. The van der Waals surface area contributed by atoms with Crippen LogP contribution in [0.25, 0.3) is 0 Å². The number of aromatic nitrogens is 3. The van der Waals surface area contributed by atoms with E-state index < -0.39 is 0 Å². The summed E-state index contributed by atoms with van der Waals surface area (Å²) in [4.78, 5) is 2.47. The minimum Gasteiger partial charge on any atom is -0.314 e. The van der Waals surface area contributed by atoms with Crippen molar-refractivity contribution < 1.29 is 0 Å². The van der Waals surface area contributed by atoms with Gasteiger partial charge in [0.2, 0.25) is 0 Å². The maximum absolute atomic E-state index is 4.38. The Bertz CT molecular complexity index is 367. The fourth-order valence-corrected chi connectivity index (χ4v) is 2.73. The van der Waals surface area contributed by atoms with Crippen LogP contribution in [0.2, 0.25) is 0 Å². The Kier molecular flexibility index (Phi) is 3.38. The normalized spacial score (nSPS) is 22.1. The molecule has 1 aromatic rings. The number of piperazine rings is 1. The quantitative estimate of drug-likeness (QED) is 0.806. The van der Waals surface area contributed by atoms with Crippen LogP contribution in [0, 0.1) is 0 Å². The molecular weight excluding hydrogens is 214 g/mol. The summed E-state index contributed by atoms with van der Waals surface area (Å²) in [6.07, 6.45) is 4.98. The predicted molar refractivity (Wildman–Crippen MR) is 65.7 cm³/mol. The highest BCUT2D eigenvalue weighted by Gasteiger charge is 2.17. The lowest BCUT2D eigenvalue weighted by Gasteiger charge is -2.26. The average Bonchev–Trinajstić information content (AvgIpc) is 2.61. The van der Waals surface area contributed by atoms with E-state index in [1.165, 1.54) is 30.9 Å². The fraction of sp³-hybridized carbons (Fsp3) is 0.833. The van der Waals surface area contributed by atoms with E-state index >= 15 is 0 Å². The molecule has 5 nitrogen and oxygen atoms in total. The van der Waals surface area contributed by atoms with Gasteiger partial charge in [0.25, 0.3) is 0 Å². The van der Waals surface area contributed by atoms with Crippen molar-refractivity contribution in [2.45, 2.75) is 38.8 Å². The lowest BCUT2D eigenvalue weighted by molar-refractivity contribution is 0.224. The van der Waals surface area contributed by atoms with E-state index in [2.05, 4.69) is 25.0 Å². The van der Waals surface area contributed by atoms with Gasteiger partial charge < -0.3 is 9.88 Å². The molecule has 1 fully saturated rings. The molecule has 2 aliphatic rings. The van der Waals surface area contributed by atoms with Gasteiger partial charge in [-0.1, -0.05) is 6.42 Å². The van der Waals surface area contributed by atoms with Crippen LogP contribution in [-0.4, -0.2) is 45.8 Å². The Morgan fingerprint density at radius 2 is 1.88 bits per heavy atom. The van der Waals surface area contributed by atoms with Crippen LogP contribution in [0.3, 0.4) is 0 Å². The molecule has 1 N–H and O–H groups in total. The van der Waals surface area contributed by atoms with Crippen LogP contribution in [0.1, 0.15) is 30.9 Å². The van der Waals surface area contributed by atoms with Gasteiger partial charge in [-0.3, -0.25) is 4.90 Å². The maximum Gasteiger partial charge on any atom is 0.147 e. The van der Waals surface area contributed by atoms with Gasteiger partial charge in [-0.25, -0.2) is 0 Å². The third kappa shape index (κ3) is 2.50. The number of hydrogen-bond acceptors (Lipinski definition) is 4. The number of nitrogens with one attached hydrogen (secondary N) is 1. The zero-order chi connectivity index (χ0) is 11.5. The lowest BCUT2D eigenvalue weighted by atomic mass is 10.2. The molecule has 0 aliphatic carbocycles. The number of aryl methyl sites for hydroxylation is 1. The van der Waals surface area contributed by atoms with E-state index in [-0.39, 0.29) is 0 Å². The average molecular weight is 235 g/mol. The zero-order valence-electron chi connectivity index (χ0n) is 10.4. The first-order chi connectivity index (χ1) is 8.43. The van der Waals surface area contributed by atoms with Crippen LogP contribution in [-0.2, 0) is 19.5 Å². The van der Waals surface area contributed by atoms with Gasteiger partial charge in [-0.2, -0.15) is 0 Å². The molecule has 0 atom stereocenters. The van der Waals surface area contributed by atoms with Gasteiger partial charge in [0.05, 0.1) is 6.54 Å². The van der Waals surface area contributed by atoms with Crippen LogP contribution in [0.15, 0.2) is 0 Å². The van der Waals surface area contributed by atoms with Crippen molar-refractivity contribution in [3.63, 3.8) is 0 Å². The summed E-state index contributed by atoms with van der Waals surface area (Å²) in [6.45, 7) is 6.53. The molecule has 0 spiro atoms. The van der Waals surface area contributed by atoms with Crippen LogP contribution >= 0.6 is 0 Å². The molecule has 3 rings (SSSR count). The highest BCUT2D eigenvalue weighted by molar-refractivity contribution is 4.98. The van der Waals surface area contributed by atoms with Crippen molar-refractivity contribution in [1.29, 1.82) is 0 Å². The third-order valence-electron chi connectivity index (χ3n) is 3.76. The van der Waals surface area contributed by atoms with Crippen molar-refractivity contribution >= 4 is 0 Å². The van der Waals surface area contributed by atoms with E-state index in [0.29, 0.717) is 0 Å². The zero-order valence-corrected chi connectivity index (χ0v) is 10.4. The van der Waals surface area contributed by atoms with E-state index in [4.69, 9.17) is 0 Å². The lowest BCUT2D eigenvalue weighted by Crippen LogP contribution is -2.43. The van der Waals surface area contributed by atoms with Gasteiger partial charge in [-0.15, -0.1) is 10.2 Å². The monoisotopic (exact) mass is 235 g/mol. The largest absolute Gasteiger partial charge is 0.314 e. The smallest absolute Gasteiger partial charge is 0.147 e. The fourth-order valence-electron chi connectivity index (χ4n) is 2.73. The molecular formula is C12H21N5. The minimum absolute atomic E-state index is 0.967. The summed E-state index contributed by atoms with van der Waals surface area (Å²) in [5.41, 5.74) is 0. The van der Waals surface area contributed by atoms with Gasteiger partial charge in [0, 0.05) is 39.1 Å². The van der Waals surface area contributed by atoms with Crippen molar-refractivity contribution in [1.82, 2.24) is 25.0 Å². The summed E-state index contributed by atoms with van der Waals surface area (Å²) in [6, 6.07) is 0. The van der Waals surface area contributed by atoms with E-state index in [1.54, 1.807) is 0 Å². The standard InChI is InChI=1S/C12H21N5/c1-2-4-11-14-15-12(17(11)7-3-1)10-16-8-5-13-6-9-16/h13H,1-10H2. The molecule has 17 heavy (non-hydrogen) atoms. The number of nitrogens with zero attached hydrogens (tertiary/aromatic N) is 4. The first kappa shape index (κ1) is 11.2. The Morgan fingerprint density at radius 3 is 2.76 bits per heavy atom. The molecule has 0 radical (unpaired) electrons. The van der Waals surface area contributed by atoms with Crippen LogP contribution < -0.4 is 5.32 Å². The van der Waals surface area contributed by atoms with Crippen molar-refractivity contribution in [3.8, 4) is 0 Å². The first-order valence-corrected chi connectivity index (χ1v) is 6.77. The topological polar surface area (TPSA) is 46.0 Å². The van der Waals surface area contributed by atoms with Crippen LogP contribution in [0.5, 0.6) is 0 Å². The first-order valence-electron chi connectivity index (χ1n) is 6.77. The summed E-state index contributed by atoms with van der Waals surface area (Å²) in [5, 5.41) is 12.1. The molecule has 0 unspecified atom stereocenters. The second-order valence-electron chi connectivity index (χ2n) is 5.02. The molecule has 94 valence electrons. The predicted octanol–water partition coefficient (Wildman–Crippen LogP) is 0.410. The van der Waals surface area contributed by atoms with Crippen molar-refractivity contribution in [2.75, 3.05) is 26.2 Å². The van der Waals surface area contributed by atoms with E-state index in [9.17, 15) is 0 Å². The van der Waals surface area contributed by atoms with E-state index in [0.717, 1.165) is 45.7 Å². The molecule has 0 amide bonds. The molecule has 5 heteroatoms. The number of hydrogen-bond donors (Lipinski definition) is 1. The molecule has 1 aromatic heterocycles. The van der Waals surface area contributed by atoms with Gasteiger partial charge in [0.15, 0.2) is 0 Å². The Morgan fingerprint density at radius 1 is 1.00 bits per heavy atom. The van der Waals surface area contributed by atoms with Gasteiger partial charge in [0.1, 0.15) is 11.6 Å². The highest BCUT2D eigenvalue weighted by atomic mass is 15.3. The Balaban J connectivity index is 1.71. The summed E-state index contributed by atoms with van der Waals surface area (Å²) in [5.74, 6) is 2.37. The molecule has 0 bridgehead atoms. The highest BCUT2D eigenvalue weighted by Crippen LogP contribution is 2.15. The van der Waals surface area contributed by atoms with E-state index in [1.807, 2.05) is 0 Å². The number of fused-ring (bicyclic) bond motifs is 1. The second-order valence-corrected chi connectivity index (χ2v) is 5.02. The molecule has 0 saturated carbocycles. The molecule has 0 aromatic carbocycles. The summed E-state index contributed by atoms with van der Waals surface area (Å²) < 4.78 is 2.36. The minimum atomic E-state index is 0.967. The second kappa shape index (κ2) is 5.14. The third-order valence-corrected chi connectivity index (χ3v) is 3.76. The van der Waals surface area contributed by atoms with Crippen molar-refractivity contribution in [2.24, 2.45) is 0 Å². The van der Waals surface area contributed by atoms with Crippen molar-refractivity contribution in [3.05, 3.63) is 11.6 Å². The SMILES string of the molecule is C1CCc2nnc(CN3CCNCC3)n2CC1. The summed E-state index contributed by atoms with van der Waals surface area (Å²) in [7, 11) is 0. The van der Waals surface area contributed by atoms with Gasteiger partial charge in [-0.05, 0) is 12.8 Å². The number of rotatable bonds is 2. The van der Waals surface area contributed by atoms with Gasteiger partial charge >= 0.3 is 0 Å². The Hall–Kier alpha value is -0.940. The maximum atomic E-state index is 4.38. The molecule has 3 heterocycles. The Labute approximate surface area is 102 Å². The molecule has 2 aliphatic heterocycles. The summed E-state index contributed by atoms with van der Waals surface area (Å²) >= 11 is 0.